The topological polar surface area (TPSA) is 91.8 Å². The van der Waals surface area contributed by atoms with Crippen LogP contribution in [0, 0.1) is 17.5 Å². The molecule has 0 aliphatic carbocycles. The number of hydrogen-bond acceptors (Lipinski definition) is 5. The molecular formula is C30H21Cl2F6N3O4. The molecule has 2 atom stereocenters. The highest BCUT2D eigenvalue weighted by Crippen LogP contribution is 2.40. The minimum absolute atomic E-state index is 0.0196. The molecule has 4 aromatic rings. The van der Waals surface area contributed by atoms with Crippen LogP contribution in [0.4, 0.5) is 32.0 Å². The van der Waals surface area contributed by atoms with Crippen molar-refractivity contribution in [3.63, 3.8) is 0 Å². The minimum Gasteiger partial charge on any atom is -0.480 e. The second-order valence-corrected chi connectivity index (χ2v) is 10.9. The molecule has 1 amide bonds. The van der Waals surface area contributed by atoms with Crippen molar-refractivity contribution in [1.29, 1.82) is 0 Å². The SMILES string of the molecule is O=C(NC(Cc1ccc(-c2c(Cl)cc(F)cc2Cl)c2cccnc12)C(=O)O)c1c(F)cc(N2CCOC[C@H]2C(F)(F)F)cc1F. The van der Waals surface area contributed by atoms with E-state index in [4.69, 9.17) is 27.9 Å². The van der Waals surface area contributed by atoms with Crippen molar-refractivity contribution in [2.45, 2.75) is 24.7 Å². The number of hydrogen-bond donors (Lipinski definition) is 2. The first kappa shape index (κ1) is 32.3. The Hall–Kier alpha value is -4.07. The van der Waals surface area contributed by atoms with Crippen molar-refractivity contribution in [2.75, 3.05) is 24.7 Å². The standard InChI is InChI=1S/C30H21Cl2F6N3O4/c31-19-9-15(33)10-20(32)25(19)17-4-3-14(27-18(17)2-1-5-39-27)8-23(29(43)44)40-28(42)26-21(34)11-16(12-22(26)35)41-6-7-45-13-24(41)30(36,37)38/h1-5,9-12,23-24H,6-8,13H2,(H,40,42)(H,43,44)/t23?,24-/m0/s1. The number of nitrogens with one attached hydrogen (secondary N) is 1. The number of amides is 1. The van der Waals surface area contributed by atoms with E-state index in [-0.39, 0.29) is 29.6 Å². The van der Waals surface area contributed by atoms with Gasteiger partial charge in [-0.25, -0.2) is 18.0 Å². The number of benzene rings is 3. The van der Waals surface area contributed by atoms with Gasteiger partial charge >= 0.3 is 12.1 Å². The molecule has 45 heavy (non-hydrogen) atoms. The van der Waals surface area contributed by atoms with Gasteiger partial charge in [-0.15, -0.1) is 0 Å². The van der Waals surface area contributed by atoms with Gasteiger partial charge in [0, 0.05) is 35.8 Å². The summed E-state index contributed by atoms with van der Waals surface area (Å²) in [4.78, 5) is 30.2. The number of rotatable bonds is 7. The third-order valence-electron chi connectivity index (χ3n) is 7.25. The highest BCUT2D eigenvalue weighted by atomic mass is 35.5. The molecule has 0 spiro atoms. The number of halogens is 8. The van der Waals surface area contributed by atoms with E-state index in [1.54, 1.807) is 18.2 Å². The van der Waals surface area contributed by atoms with E-state index in [1.165, 1.54) is 12.3 Å². The fraction of sp³-hybridized carbons (Fsp3) is 0.233. The van der Waals surface area contributed by atoms with Crippen molar-refractivity contribution in [3.8, 4) is 11.1 Å². The van der Waals surface area contributed by atoms with Crippen molar-refractivity contribution >= 4 is 51.7 Å². The predicted molar refractivity (Wildman–Crippen MR) is 154 cm³/mol. The number of aromatic nitrogens is 1. The number of aliphatic carboxylic acids is 1. The summed E-state index contributed by atoms with van der Waals surface area (Å²) in [5.41, 5.74) is -0.247. The quantitative estimate of drug-likeness (QED) is 0.210. The molecule has 236 valence electrons. The summed E-state index contributed by atoms with van der Waals surface area (Å²) >= 11 is 12.5. The van der Waals surface area contributed by atoms with Gasteiger partial charge < -0.3 is 20.1 Å². The maximum Gasteiger partial charge on any atom is 0.411 e. The van der Waals surface area contributed by atoms with Crippen molar-refractivity contribution < 1.29 is 45.8 Å². The summed E-state index contributed by atoms with van der Waals surface area (Å²) in [7, 11) is 0. The highest BCUT2D eigenvalue weighted by molar-refractivity contribution is 6.39. The summed E-state index contributed by atoms with van der Waals surface area (Å²) in [5.74, 6) is -6.59. The lowest BCUT2D eigenvalue weighted by atomic mass is 9.95. The van der Waals surface area contributed by atoms with Crippen LogP contribution in [0.15, 0.2) is 54.7 Å². The summed E-state index contributed by atoms with van der Waals surface area (Å²) < 4.78 is 89.3. The van der Waals surface area contributed by atoms with E-state index >= 15 is 8.78 Å². The first-order valence-corrected chi connectivity index (χ1v) is 14.0. The van der Waals surface area contributed by atoms with Gasteiger partial charge in [-0.3, -0.25) is 9.78 Å². The van der Waals surface area contributed by atoms with Crippen LogP contribution in [0.5, 0.6) is 0 Å². The number of ether oxygens (including phenoxy) is 1. The lowest BCUT2D eigenvalue weighted by Gasteiger charge is -2.38. The monoisotopic (exact) mass is 671 g/mol. The Morgan fingerprint density at radius 1 is 1.07 bits per heavy atom. The Bertz CT molecular complexity index is 1760. The van der Waals surface area contributed by atoms with Crippen molar-refractivity contribution in [3.05, 3.63) is 93.4 Å². The molecular weight excluding hydrogens is 651 g/mol. The molecule has 0 saturated carbocycles. The predicted octanol–water partition coefficient (Wildman–Crippen LogP) is 6.82. The largest absolute Gasteiger partial charge is 0.480 e. The van der Waals surface area contributed by atoms with E-state index in [2.05, 4.69) is 10.3 Å². The van der Waals surface area contributed by atoms with Crippen LogP contribution >= 0.6 is 23.2 Å². The lowest BCUT2D eigenvalue weighted by molar-refractivity contribution is -0.167. The van der Waals surface area contributed by atoms with Crippen LogP contribution in [0.2, 0.25) is 10.0 Å². The molecule has 0 bridgehead atoms. The zero-order valence-corrected chi connectivity index (χ0v) is 24.3. The molecule has 1 aliphatic rings. The average molecular weight is 672 g/mol. The fourth-order valence-corrected chi connectivity index (χ4v) is 5.85. The average Bonchev–Trinajstić information content (AvgIpc) is 2.96. The van der Waals surface area contributed by atoms with Gasteiger partial charge in [0.05, 0.1) is 28.8 Å². The molecule has 1 aromatic heterocycles. The van der Waals surface area contributed by atoms with Gasteiger partial charge in [-0.1, -0.05) is 41.4 Å². The van der Waals surface area contributed by atoms with Crippen LogP contribution in [0.25, 0.3) is 22.0 Å². The fourth-order valence-electron chi connectivity index (χ4n) is 5.19. The number of carboxylic acids is 1. The second-order valence-electron chi connectivity index (χ2n) is 10.1. The van der Waals surface area contributed by atoms with E-state index in [1.807, 2.05) is 0 Å². The summed E-state index contributed by atoms with van der Waals surface area (Å²) in [6.45, 7) is -1.17. The van der Waals surface area contributed by atoms with E-state index < -0.39 is 65.4 Å². The Morgan fingerprint density at radius 3 is 2.36 bits per heavy atom. The molecule has 15 heteroatoms. The normalized spacial score (nSPS) is 16.1. The lowest BCUT2D eigenvalue weighted by Crippen LogP contribution is -2.53. The Balaban J connectivity index is 1.43. The number of carbonyl (C=O) groups excluding carboxylic acids is 1. The summed E-state index contributed by atoms with van der Waals surface area (Å²) in [6, 6.07) is 5.76. The maximum atomic E-state index is 15.1. The molecule has 3 aromatic carbocycles. The smallest absolute Gasteiger partial charge is 0.411 e. The number of pyridine rings is 1. The van der Waals surface area contributed by atoms with Crippen LogP contribution in [0.1, 0.15) is 15.9 Å². The Morgan fingerprint density at radius 2 is 1.73 bits per heavy atom. The Labute approximate surface area is 261 Å². The molecule has 2 N–H and O–H groups in total. The van der Waals surface area contributed by atoms with Gasteiger partial charge in [-0.2, -0.15) is 13.2 Å². The Kier molecular flexibility index (Phi) is 9.15. The molecule has 1 aliphatic heterocycles. The molecule has 7 nitrogen and oxygen atoms in total. The molecule has 1 saturated heterocycles. The number of alkyl halides is 3. The van der Waals surface area contributed by atoms with Crippen LogP contribution in [-0.2, 0) is 16.0 Å². The molecule has 5 rings (SSSR count). The first-order chi connectivity index (χ1) is 21.3. The van der Waals surface area contributed by atoms with E-state index in [0.717, 1.165) is 17.0 Å². The van der Waals surface area contributed by atoms with Gasteiger partial charge in [0.1, 0.15) is 35.1 Å². The highest BCUT2D eigenvalue weighted by Gasteiger charge is 2.46. The third-order valence-corrected chi connectivity index (χ3v) is 7.84. The number of fused-ring (bicyclic) bond motifs is 1. The zero-order chi connectivity index (χ0) is 32.6. The van der Waals surface area contributed by atoms with Gasteiger partial charge in [0.25, 0.3) is 5.91 Å². The maximum absolute atomic E-state index is 15.1. The van der Waals surface area contributed by atoms with Crippen molar-refractivity contribution in [2.24, 2.45) is 0 Å². The third kappa shape index (κ3) is 6.65. The first-order valence-electron chi connectivity index (χ1n) is 13.2. The number of nitrogens with zero attached hydrogens (tertiary/aromatic N) is 2. The molecule has 1 unspecified atom stereocenters. The van der Waals surface area contributed by atoms with E-state index in [0.29, 0.717) is 39.7 Å². The number of carbonyl (C=O) groups is 2. The van der Waals surface area contributed by atoms with Gasteiger partial charge in [0.15, 0.2) is 0 Å². The zero-order valence-electron chi connectivity index (χ0n) is 22.8. The molecule has 1 fully saturated rings. The molecule has 0 radical (unpaired) electrons. The second kappa shape index (κ2) is 12.7. The van der Waals surface area contributed by atoms with Crippen LogP contribution in [0.3, 0.4) is 0 Å². The number of morpholine rings is 1. The molecule has 2 heterocycles. The van der Waals surface area contributed by atoms with Gasteiger partial charge in [0.2, 0.25) is 0 Å². The number of carboxylic acid groups (broad SMARTS) is 1. The summed E-state index contributed by atoms with van der Waals surface area (Å²) in [6.07, 6.45) is -3.71. The van der Waals surface area contributed by atoms with Crippen LogP contribution < -0.4 is 10.2 Å². The van der Waals surface area contributed by atoms with E-state index in [9.17, 15) is 32.3 Å². The van der Waals surface area contributed by atoms with Crippen molar-refractivity contribution in [1.82, 2.24) is 10.3 Å². The van der Waals surface area contributed by atoms with Crippen LogP contribution in [-0.4, -0.2) is 60.0 Å². The minimum atomic E-state index is -4.76. The van der Waals surface area contributed by atoms with Gasteiger partial charge in [-0.05, 0) is 41.5 Å². The summed E-state index contributed by atoms with van der Waals surface area (Å²) in [5, 5.41) is 12.5. The number of anilines is 1.